The fourth-order valence-electron chi connectivity index (χ4n) is 1.74. The lowest BCUT2D eigenvalue weighted by molar-refractivity contribution is -0.387. The highest BCUT2D eigenvalue weighted by molar-refractivity contribution is 8.01. The lowest BCUT2D eigenvalue weighted by atomic mass is 10.3. The van der Waals surface area contributed by atoms with Gasteiger partial charge in [0.2, 0.25) is 0 Å². The number of rotatable bonds is 3. The molecule has 0 saturated heterocycles. The molecule has 0 radical (unpaired) electrons. The van der Waals surface area contributed by atoms with Gasteiger partial charge in [-0.2, -0.15) is 0 Å². The first-order valence-electron chi connectivity index (χ1n) is 5.61. The number of nitro benzene ring substituents is 1. The average Bonchev–Trinajstić information content (AvgIpc) is 2.80. The topological polar surface area (TPSA) is 56.0 Å². The lowest BCUT2D eigenvalue weighted by Crippen LogP contribution is -1.91. The zero-order valence-corrected chi connectivity index (χ0v) is 12.3. The van der Waals surface area contributed by atoms with Gasteiger partial charge in [-0.05, 0) is 24.3 Å². The van der Waals surface area contributed by atoms with Gasteiger partial charge in [-0.15, -0.1) is 11.3 Å². The molecule has 0 aliphatic carbocycles. The van der Waals surface area contributed by atoms with Crippen molar-refractivity contribution in [3.05, 3.63) is 57.6 Å². The Balaban J connectivity index is 2.02. The first kappa shape index (κ1) is 13.4. The van der Waals surface area contributed by atoms with E-state index in [0.29, 0.717) is 4.90 Å². The predicted octanol–water partition coefficient (Wildman–Crippen LogP) is 5.01. The van der Waals surface area contributed by atoms with E-state index in [1.54, 1.807) is 12.1 Å². The Morgan fingerprint density at radius 2 is 2.00 bits per heavy atom. The fourth-order valence-corrected chi connectivity index (χ4v) is 4.21. The van der Waals surface area contributed by atoms with Gasteiger partial charge in [0.25, 0.3) is 0 Å². The Morgan fingerprint density at radius 1 is 1.20 bits per heavy atom. The van der Waals surface area contributed by atoms with E-state index in [0.717, 1.165) is 14.6 Å². The maximum Gasteiger partial charge on any atom is 0.301 e. The van der Waals surface area contributed by atoms with Crippen molar-refractivity contribution in [3.8, 4) is 0 Å². The van der Waals surface area contributed by atoms with Crippen molar-refractivity contribution >= 4 is 50.6 Å². The fraction of sp³-hybridized carbons (Fsp3) is 0. The summed E-state index contributed by atoms with van der Waals surface area (Å²) in [4.78, 5) is 15.6. The number of para-hydroxylation sites is 2. The van der Waals surface area contributed by atoms with Gasteiger partial charge in [-0.3, -0.25) is 10.1 Å². The molecule has 0 N–H and O–H groups in total. The van der Waals surface area contributed by atoms with Crippen LogP contribution in [0.15, 0.2) is 51.7 Å². The Kier molecular flexibility index (Phi) is 3.60. The predicted molar refractivity (Wildman–Crippen MR) is 81.8 cm³/mol. The summed E-state index contributed by atoms with van der Waals surface area (Å²) in [6.45, 7) is 0. The van der Waals surface area contributed by atoms with Crippen LogP contribution in [-0.2, 0) is 0 Å². The number of hydrogen-bond acceptors (Lipinski definition) is 5. The summed E-state index contributed by atoms with van der Waals surface area (Å²) in [7, 11) is 0. The monoisotopic (exact) mass is 322 g/mol. The van der Waals surface area contributed by atoms with Gasteiger partial charge in [0.1, 0.15) is 5.02 Å². The van der Waals surface area contributed by atoms with Crippen LogP contribution in [0.5, 0.6) is 0 Å². The molecule has 0 aliphatic heterocycles. The molecule has 0 fully saturated rings. The van der Waals surface area contributed by atoms with Crippen molar-refractivity contribution in [2.45, 2.75) is 9.24 Å². The summed E-state index contributed by atoms with van der Waals surface area (Å²) in [6, 6.07) is 12.6. The second-order valence-electron chi connectivity index (χ2n) is 3.89. The maximum absolute atomic E-state index is 11.1. The van der Waals surface area contributed by atoms with E-state index < -0.39 is 4.92 Å². The van der Waals surface area contributed by atoms with Gasteiger partial charge >= 0.3 is 5.69 Å². The number of benzene rings is 2. The third-order valence-corrected chi connectivity index (χ3v) is 5.06. The van der Waals surface area contributed by atoms with Crippen molar-refractivity contribution < 1.29 is 4.92 Å². The number of halogens is 1. The SMILES string of the molecule is O=[N+]([O-])c1c(Cl)cccc1Sc1nc2ccccc2s1. The van der Waals surface area contributed by atoms with Crippen molar-refractivity contribution in [3.63, 3.8) is 0 Å². The number of nitro groups is 1. The lowest BCUT2D eigenvalue weighted by Gasteiger charge is -2.01. The second-order valence-corrected chi connectivity index (χ2v) is 6.62. The van der Waals surface area contributed by atoms with Gasteiger partial charge in [0, 0.05) is 0 Å². The van der Waals surface area contributed by atoms with Gasteiger partial charge in [0.15, 0.2) is 4.34 Å². The molecule has 0 saturated carbocycles. The van der Waals surface area contributed by atoms with Gasteiger partial charge in [-0.1, -0.05) is 41.6 Å². The van der Waals surface area contributed by atoms with Crippen LogP contribution in [-0.4, -0.2) is 9.91 Å². The number of aromatic nitrogens is 1. The molecule has 7 heteroatoms. The Bertz CT molecular complexity index is 771. The average molecular weight is 323 g/mol. The molecule has 20 heavy (non-hydrogen) atoms. The smallest absolute Gasteiger partial charge is 0.258 e. The van der Waals surface area contributed by atoms with Crippen molar-refractivity contribution in [1.29, 1.82) is 0 Å². The molecule has 0 unspecified atom stereocenters. The Hall–Kier alpha value is -1.63. The van der Waals surface area contributed by atoms with Crippen LogP contribution in [0.2, 0.25) is 5.02 Å². The first-order chi connectivity index (χ1) is 9.65. The molecule has 0 atom stereocenters. The van der Waals surface area contributed by atoms with E-state index in [4.69, 9.17) is 11.6 Å². The van der Waals surface area contributed by atoms with Crippen LogP contribution in [0.25, 0.3) is 10.2 Å². The number of nitrogens with zero attached hydrogens (tertiary/aromatic N) is 2. The summed E-state index contributed by atoms with van der Waals surface area (Å²) in [5.74, 6) is 0. The molecule has 2 aromatic carbocycles. The van der Waals surface area contributed by atoms with Gasteiger partial charge in [-0.25, -0.2) is 4.98 Å². The number of thiazole rings is 1. The molecular weight excluding hydrogens is 316 g/mol. The Morgan fingerprint density at radius 3 is 2.75 bits per heavy atom. The summed E-state index contributed by atoms with van der Waals surface area (Å²) in [5.41, 5.74) is 0.822. The normalized spacial score (nSPS) is 10.8. The summed E-state index contributed by atoms with van der Waals surface area (Å²) >= 11 is 8.67. The van der Waals surface area contributed by atoms with Crippen LogP contribution in [0.4, 0.5) is 5.69 Å². The quantitative estimate of drug-likeness (QED) is 0.502. The highest BCUT2D eigenvalue weighted by Gasteiger charge is 2.20. The minimum atomic E-state index is -0.460. The molecule has 1 heterocycles. The van der Waals surface area contributed by atoms with E-state index in [-0.39, 0.29) is 10.7 Å². The van der Waals surface area contributed by atoms with E-state index in [1.165, 1.54) is 29.2 Å². The summed E-state index contributed by atoms with van der Waals surface area (Å²) < 4.78 is 1.82. The highest BCUT2D eigenvalue weighted by atomic mass is 35.5. The van der Waals surface area contributed by atoms with E-state index >= 15 is 0 Å². The van der Waals surface area contributed by atoms with Crippen molar-refractivity contribution in [2.75, 3.05) is 0 Å². The molecular formula is C13H7ClN2O2S2. The second kappa shape index (κ2) is 5.40. The molecule has 0 amide bonds. The maximum atomic E-state index is 11.1. The third kappa shape index (κ3) is 2.49. The highest BCUT2D eigenvalue weighted by Crippen LogP contribution is 2.41. The molecule has 100 valence electrons. The minimum Gasteiger partial charge on any atom is -0.258 e. The molecule has 1 aromatic heterocycles. The number of hydrogen-bond donors (Lipinski definition) is 0. The zero-order valence-electron chi connectivity index (χ0n) is 9.95. The molecule has 0 aliphatic rings. The van der Waals surface area contributed by atoms with Crippen LogP contribution < -0.4 is 0 Å². The van der Waals surface area contributed by atoms with Crippen molar-refractivity contribution in [2.24, 2.45) is 0 Å². The van der Waals surface area contributed by atoms with Crippen LogP contribution in [0.3, 0.4) is 0 Å². The van der Waals surface area contributed by atoms with E-state index in [2.05, 4.69) is 4.98 Å². The molecule has 0 bridgehead atoms. The molecule has 3 aromatic rings. The van der Waals surface area contributed by atoms with Crippen molar-refractivity contribution in [1.82, 2.24) is 4.98 Å². The molecule has 3 rings (SSSR count). The van der Waals surface area contributed by atoms with Crippen LogP contribution in [0, 0.1) is 10.1 Å². The van der Waals surface area contributed by atoms with E-state index in [9.17, 15) is 10.1 Å². The number of fused-ring (bicyclic) bond motifs is 1. The zero-order chi connectivity index (χ0) is 14.1. The van der Waals surface area contributed by atoms with Crippen LogP contribution in [0.1, 0.15) is 0 Å². The van der Waals surface area contributed by atoms with Crippen LogP contribution >= 0.6 is 34.7 Å². The minimum absolute atomic E-state index is 0.0709. The van der Waals surface area contributed by atoms with E-state index in [1.807, 2.05) is 24.3 Å². The third-order valence-electron chi connectivity index (χ3n) is 2.60. The standard InChI is InChI=1S/C13H7ClN2O2S2/c14-8-4-3-7-11(12(8)16(17)18)20-13-15-9-5-1-2-6-10(9)19-13/h1-7H. The summed E-state index contributed by atoms with van der Waals surface area (Å²) in [5, 5.41) is 11.2. The molecule has 0 spiro atoms. The largest absolute Gasteiger partial charge is 0.301 e. The van der Waals surface area contributed by atoms with Gasteiger partial charge in [0.05, 0.1) is 20.0 Å². The van der Waals surface area contributed by atoms with Gasteiger partial charge < -0.3 is 0 Å². The molecule has 4 nitrogen and oxygen atoms in total. The summed E-state index contributed by atoms with van der Waals surface area (Å²) in [6.07, 6.45) is 0. The Labute approximate surface area is 127 Å². The first-order valence-corrected chi connectivity index (χ1v) is 7.62.